The van der Waals surface area contributed by atoms with Gasteiger partial charge in [0.25, 0.3) is 0 Å². The largest absolute Gasteiger partial charge is 0.373 e. The van der Waals surface area contributed by atoms with Gasteiger partial charge in [-0.15, -0.1) is 0 Å². The van der Waals surface area contributed by atoms with Gasteiger partial charge in [-0.3, -0.25) is 14.5 Å². The second-order valence-corrected chi connectivity index (χ2v) is 6.54. The molecule has 1 fully saturated rings. The fourth-order valence-electron chi connectivity index (χ4n) is 3.05. The van der Waals surface area contributed by atoms with Crippen LogP contribution >= 0.6 is 0 Å². The van der Waals surface area contributed by atoms with Crippen LogP contribution in [0.2, 0.25) is 0 Å². The molecule has 6 heteroatoms. The zero-order valence-corrected chi connectivity index (χ0v) is 14.9. The molecule has 2 amide bonds. The molecular weight excluding hydrogens is 306 g/mol. The van der Waals surface area contributed by atoms with Crippen molar-refractivity contribution in [1.82, 2.24) is 10.2 Å². The summed E-state index contributed by atoms with van der Waals surface area (Å²) < 4.78 is 5.65. The number of nitrogens with zero attached hydrogens (tertiary/aromatic N) is 1. The lowest BCUT2D eigenvalue weighted by molar-refractivity contribution is -0.128. The van der Waals surface area contributed by atoms with Gasteiger partial charge in [-0.2, -0.15) is 0 Å². The Balaban J connectivity index is 1.78. The van der Waals surface area contributed by atoms with Crippen LogP contribution in [0.25, 0.3) is 0 Å². The van der Waals surface area contributed by atoms with Gasteiger partial charge in [0.1, 0.15) is 0 Å². The van der Waals surface area contributed by atoms with Crippen LogP contribution in [0, 0.1) is 13.8 Å². The van der Waals surface area contributed by atoms with Crippen molar-refractivity contribution in [2.24, 2.45) is 0 Å². The molecule has 0 aliphatic carbocycles. The van der Waals surface area contributed by atoms with Crippen molar-refractivity contribution in [2.75, 3.05) is 31.5 Å². The van der Waals surface area contributed by atoms with Crippen molar-refractivity contribution < 1.29 is 14.3 Å². The van der Waals surface area contributed by atoms with E-state index in [2.05, 4.69) is 15.5 Å². The molecule has 0 radical (unpaired) electrons. The van der Waals surface area contributed by atoms with E-state index in [4.69, 9.17) is 4.74 Å². The number of hydrogen-bond acceptors (Lipinski definition) is 4. The fourth-order valence-corrected chi connectivity index (χ4v) is 3.05. The number of anilines is 1. The van der Waals surface area contributed by atoms with Crippen LogP contribution in [-0.4, -0.2) is 55.1 Å². The quantitative estimate of drug-likeness (QED) is 0.856. The lowest BCUT2D eigenvalue weighted by Gasteiger charge is -2.34. The van der Waals surface area contributed by atoms with E-state index in [9.17, 15) is 9.59 Å². The van der Waals surface area contributed by atoms with Gasteiger partial charge in [0.2, 0.25) is 11.8 Å². The molecule has 2 rings (SSSR count). The molecule has 0 saturated carbocycles. The standard InChI is InChI=1S/C18H27N3O3/c1-12-6-5-7-13(2)18(12)20-16(22)8-19-17(23)11-21-9-14(3)24-15(4)10-21/h5-7,14-15H,8-11H2,1-4H3,(H,19,23)(H,20,22)/t14-,15-/m1/s1. The predicted octanol–water partition coefficient (Wildman–Crippen LogP) is 1.47. The van der Waals surface area contributed by atoms with Crippen molar-refractivity contribution in [3.63, 3.8) is 0 Å². The highest BCUT2D eigenvalue weighted by Crippen LogP contribution is 2.19. The van der Waals surface area contributed by atoms with Crippen LogP contribution in [0.1, 0.15) is 25.0 Å². The maximum absolute atomic E-state index is 12.1. The summed E-state index contributed by atoms with van der Waals surface area (Å²) in [5, 5.41) is 5.55. The number of para-hydroxylation sites is 1. The number of amides is 2. The Kier molecular flexibility index (Phi) is 6.34. The third kappa shape index (κ3) is 5.32. The molecule has 1 aliphatic heterocycles. The first-order chi connectivity index (χ1) is 11.3. The summed E-state index contributed by atoms with van der Waals surface area (Å²) in [6, 6.07) is 5.84. The Bertz CT molecular complexity index is 573. The van der Waals surface area contributed by atoms with Crippen LogP contribution < -0.4 is 10.6 Å². The first kappa shape index (κ1) is 18.4. The smallest absolute Gasteiger partial charge is 0.243 e. The summed E-state index contributed by atoms with van der Waals surface area (Å²) in [6.07, 6.45) is 0.239. The molecule has 1 aliphatic rings. The summed E-state index contributed by atoms with van der Waals surface area (Å²) in [5.41, 5.74) is 2.82. The van der Waals surface area contributed by atoms with Crippen molar-refractivity contribution >= 4 is 17.5 Å². The summed E-state index contributed by atoms with van der Waals surface area (Å²) in [7, 11) is 0. The van der Waals surface area contributed by atoms with E-state index in [1.54, 1.807) is 0 Å². The van der Waals surface area contributed by atoms with E-state index in [0.29, 0.717) is 0 Å². The summed E-state index contributed by atoms with van der Waals surface area (Å²) in [5.74, 6) is -0.364. The molecule has 6 nitrogen and oxygen atoms in total. The van der Waals surface area contributed by atoms with Crippen LogP contribution in [0.5, 0.6) is 0 Å². The molecule has 0 aromatic heterocycles. The molecule has 132 valence electrons. The number of ether oxygens (including phenoxy) is 1. The van der Waals surface area contributed by atoms with E-state index >= 15 is 0 Å². The average Bonchev–Trinajstić information content (AvgIpc) is 2.48. The Labute approximate surface area is 143 Å². The van der Waals surface area contributed by atoms with Crippen molar-refractivity contribution in [3.05, 3.63) is 29.3 Å². The second kappa shape index (κ2) is 8.26. The Morgan fingerprint density at radius 2 is 1.71 bits per heavy atom. The highest BCUT2D eigenvalue weighted by atomic mass is 16.5. The number of hydrogen-bond donors (Lipinski definition) is 2. The highest BCUT2D eigenvalue weighted by Gasteiger charge is 2.23. The van der Waals surface area contributed by atoms with Crippen molar-refractivity contribution in [3.8, 4) is 0 Å². The number of carbonyl (C=O) groups excluding carboxylic acids is 2. The minimum Gasteiger partial charge on any atom is -0.373 e. The van der Waals surface area contributed by atoms with E-state index in [-0.39, 0.29) is 37.1 Å². The Hall–Kier alpha value is -1.92. The van der Waals surface area contributed by atoms with Crippen LogP contribution in [-0.2, 0) is 14.3 Å². The predicted molar refractivity (Wildman–Crippen MR) is 94.0 cm³/mol. The summed E-state index contributed by atoms with van der Waals surface area (Å²) in [4.78, 5) is 26.2. The number of benzene rings is 1. The fraction of sp³-hybridized carbons (Fsp3) is 0.556. The third-order valence-corrected chi connectivity index (χ3v) is 4.05. The molecule has 1 heterocycles. The molecule has 2 N–H and O–H groups in total. The molecule has 1 saturated heterocycles. The molecular formula is C18H27N3O3. The summed E-state index contributed by atoms with van der Waals surface area (Å²) in [6.45, 7) is 9.61. The van der Waals surface area contributed by atoms with E-state index < -0.39 is 0 Å². The lowest BCUT2D eigenvalue weighted by atomic mass is 10.1. The second-order valence-electron chi connectivity index (χ2n) is 6.54. The van der Waals surface area contributed by atoms with Gasteiger partial charge >= 0.3 is 0 Å². The number of aryl methyl sites for hydroxylation is 2. The first-order valence-corrected chi connectivity index (χ1v) is 8.35. The molecule has 1 aromatic carbocycles. The van der Waals surface area contributed by atoms with Gasteiger partial charge in [-0.25, -0.2) is 0 Å². The highest BCUT2D eigenvalue weighted by molar-refractivity contribution is 5.95. The van der Waals surface area contributed by atoms with Gasteiger partial charge in [-0.05, 0) is 38.8 Å². The Morgan fingerprint density at radius 3 is 2.29 bits per heavy atom. The topological polar surface area (TPSA) is 70.7 Å². The minimum atomic E-state index is -0.218. The van der Waals surface area contributed by atoms with Gasteiger partial charge in [0, 0.05) is 18.8 Å². The van der Waals surface area contributed by atoms with Gasteiger partial charge in [-0.1, -0.05) is 18.2 Å². The zero-order valence-electron chi connectivity index (χ0n) is 14.9. The molecule has 0 unspecified atom stereocenters. The maximum Gasteiger partial charge on any atom is 0.243 e. The molecule has 0 bridgehead atoms. The maximum atomic E-state index is 12.1. The average molecular weight is 333 g/mol. The Morgan fingerprint density at radius 1 is 1.12 bits per heavy atom. The molecule has 0 spiro atoms. The van der Waals surface area contributed by atoms with Crippen LogP contribution in [0.4, 0.5) is 5.69 Å². The van der Waals surface area contributed by atoms with Gasteiger partial charge in [0.05, 0.1) is 25.3 Å². The molecule has 2 atom stereocenters. The van der Waals surface area contributed by atoms with E-state index in [1.165, 1.54) is 0 Å². The minimum absolute atomic E-state index is 0.0257. The molecule has 1 aromatic rings. The number of morpholine rings is 1. The number of carbonyl (C=O) groups is 2. The summed E-state index contributed by atoms with van der Waals surface area (Å²) >= 11 is 0. The third-order valence-electron chi connectivity index (χ3n) is 4.05. The zero-order chi connectivity index (χ0) is 17.7. The van der Waals surface area contributed by atoms with Crippen LogP contribution in [0.3, 0.4) is 0 Å². The van der Waals surface area contributed by atoms with Crippen molar-refractivity contribution in [2.45, 2.75) is 39.9 Å². The molecule has 24 heavy (non-hydrogen) atoms. The lowest BCUT2D eigenvalue weighted by Crippen LogP contribution is -2.49. The number of rotatable bonds is 5. The number of nitrogens with one attached hydrogen (secondary N) is 2. The SMILES string of the molecule is Cc1cccc(C)c1NC(=O)CNC(=O)CN1C[C@@H](C)O[C@H](C)C1. The van der Waals surface area contributed by atoms with E-state index in [0.717, 1.165) is 29.9 Å². The monoisotopic (exact) mass is 333 g/mol. The normalized spacial score (nSPS) is 21.3. The van der Waals surface area contributed by atoms with E-state index in [1.807, 2.05) is 45.9 Å². The van der Waals surface area contributed by atoms with Gasteiger partial charge < -0.3 is 15.4 Å². The first-order valence-electron chi connectivity index (χ1n) is 8.35. The van der Waals surface area contributed by atoms with Crippen molar-refractivity contribution in [1.29, 1.82) is 0 Å². The van der Waals surface area contributed by atoms with Crippen LogP contribution in [0.15, 0.2) is 18.2 Å². The van der Waals surface area contributed by atoms with Gasteiger partial charge in [0.15, 0.2) is 0 Å².